The van der Waals surface area contributed by atoms with Crippen molar-refractivity contribution in [2.45, 2.75) is 31.3 Å². The van der Waals surface area contributed by atoms with Crippen LogP contribution in [0.2, 0.25) is 0 Å². The molecule has 5 nitrogen and oxygen atoms in total. The van der Waals surface area contributed by atoms with E-state index in [4.69, 9.17) is 10.2 Å². The second kappa shape index (κ2) is 4.27. The molecule has 2 rings (SSSR count). The van der Waals surface area contributed by atoms with Crippen LogP contribution in [0.1, 0.15) is 35.6 Å². The normalized spacial score (nSPS) is 17.9. The van der Waals surface area contributed by atoms with E-state index < -0.39 is 5.54 Å². The van der Waals surface area contributed by atoms with Crippen molar-refractivity contribution < 1.29 is 14.3 Å². The second-order valence-corrected chi connectivity index (χ2v) is 4.22. The lowest BCUT2D eigenvalue weighted by atomic mass is 9.77. The van der Waals surface area contributed by atoms with Crippen molar-refractivity contribution in [3.63, 3.8) is 0 Å². The summed E-state index contributed by atoms with van der Waals surface area (Å²) in [6.45, 7) is 0.252. The molecule has 0 atom stereocenters. The lowest BCUT2D eigenvalue weighted by molar-refractivity contribution is 0.0618. The smallest absolute Gasteiger partial charge is 0.287 e. The Morgan fingerprint density at radius 2 is 2.31 bits per heavy atom. The maximum Gasteiger partial charge on any atom is 0.287 e. The third-order valence-corrected chi connectivity index (χ3v) is 3.08. The molecular weight excluding hydrogens is 208 g/mol. The second-order valence-electron chi connectivity index (χ2n) is 4.22. The van der Waals surface area contributed by atoms with Crippen molar-refractivity contribution in [1.82, 2.24) is 5.32 Å². The van der Waals surface area contributed by atoms with Crippen molar-refractivity contribution >= 4 is 5.91 Å². The molecule has 0 bridgehead atoms. The number of hydrogen-bond acceptors (Lipinski definition) is 4. The van der Waals surface area contributed by atoms with E-state index in [0.717, 1.165) is 19.3 Å². The molecule has 1 aromatic heterocycles. The van der Waals surface area contributed by atoms with E-state index in [9.17, 15) is 9.90 Å². The fourth-order valence-corrected chi connectivity index (χ4v) is 1.84. The molecule has 1 aliphatic carbocycles. The Morgan fingerprint density at radius 3 is 2.75 bits per heavy atom. The molecule has 0 unspecified atom stereocenters. The first-order chi connectivity index (χ1) is 7.69. The number of carbonyl (C=O) groups excluding carboxylic acids is 1. The van der Waals surface area contributed by atoms with Crippen LogP contribution in [0.3, 0.4) is 0 Å². The van der Waals surface area contributed by atoms with Crippen molar-refractivity contribution in [2.24, 2.45) is 5.73 Å². The van der Waals surface area contributed by atoms with Gasteiger partial charge in [0.25, 0.3) is 5.91 Å². The molecule has 16 heavy (non-hydrogen) atoms. The van der Waals surface area contributed by atoms with Gasteiger partial charge in [0.05, 0.1) is 18.7 Å². The predicted octanol–water partition coefficient (Wildman–Crippen LogP) is 0.383. The predicted molar refractivity (Wildman–Crippen MR) is 57.7 cm³/mol. The van der Waals surface area contributed by atoms with Gasteiger partial charge in [-0.15, -0.1) is 0 Å². The largest absolute Gasteiger partial charge is 0.455 e. The topological polar surface area (TPSA) is 88.5 Å². The van der Waals surface area contributed by atoms with Gasteiger partial charge in [-0.1, -0.05) is 0 Å². The Kier molecular flexibility index (Phi) is 2.98. The molecule has 1 aliphatic rings. The van der Waals surface area contributed by atoms with Gasteiger partial charge in [0.1, 0.15) is 5.76 Å². The van der Waals surface area contributed by atoms with Gasteiger partial charge in [-0.25, -0.2) is 0 Å². The average molecular weight is 224 g/mol. The zero-order valence-corrected chi connectivity index (χ0v) is 9.03. The number of nitrogens with two attached hydrogens (primary N) is 1. The third-order valence-electron chi connectivity index (χ3n) is 3.08. The van der Waals surface area contributed by atoms with Crippen LogP contribution in [0.5, 0.6) is 0 Å². The van der Waals surface area contributed by atoms with Crippen LogP contribution in [-0.4, -0.2) is 23.2 Å². The van der Waals surface area contributed by atoms with Gasteiger partial charge in [-0.2, -0.15) is 0 Å². The zero-order valence-electron chi connectivity index (χ0n) is 9.03. The number of aliphatic hydroxyl groups excluding tert-OH is 1. The lowest BCUT2D eigenvalue weighted by Crippen LogP contribution is -2.56. The summed E-state index contributed by atoms with van der Waals surface area (Å²) in [5, 5.41) is 12.0. The maximum absolute atomic E-state index is 11.8. The quantitative estimate of drug-likeness (QED) is 0.690. The Hall–Kier alpha value is -1.33. The number of amides is 1. The van der Waals surface area contributed by atoms with E-state index >= 15 is 0 Å². The van der Waals surface area contributed by atoms with Gasteiger partial charge in [-0.05, 0) is 31.4 Å². The summed E-state index contributed by atoms with van der Waals surface area (Å²) >= 11 is 0. The van der Waals surface area contributed by atoms with E-state index in [1.807, 2.05) is 0 Å². The van der Waals surface area contributed by atoms with Crippen LogP contribution >= 0.6 is 0 Å². The molecule has 1 amide bonds. The average Bonchev–Trinajstić information content (AvgIpc) is 2.71. The molecule has 0 aromatic carbocycles. The Morgan fingerprint density at radius 1 is 1.56 bits per heavy atom. The maximum atomic E-state index is 11.8. The molecule has 4 N–H and O–H groups in total. The highest BCUT2D eigenvalue weighted by atomic mass is 16.4. The number of furan rings is 1. The van der Waals surface area contributed by atoms with Crippen molar-refractivity contribution in [3.05, 3.63) is 23.7 Å². The van der Waals surface area contributed by atoms with E-state index in [1.165, 1.54) is 0 Å². The molecular formula is C11H16N2O3. The van der Waals surface area contributed by atoms with Crippen LogP contribution in [-0.2, 0) is 6.54 Å². The molecule has 0 radical (unpaired) electrons. The van der Waals surface area contributed by atoms with E-state index in [1.54, 1.807) is 12.1 Å². The van der Waals surface area contributed by atoms with E-state index in [-0.39, 0.29) is 24.8 Å². The Labute approximate surface area is 93.6 Å². The highest BCUT2D eigenvalue weighted by molar-refractivity contribution is 5.92. The highest BCUT2D eigenvalue weighted by Crippen LogP contribution is 2.31. The lowest BCUT2D eigenvalue weighted by Gasteiger charge is -2.40. The first-order valence-electron chi connectivity index (χ1n) is 5.41. The molecule has 1 heterocycles. The van der Waals surface area contributed by atoms with Crippen molar-refractivity contribution in [1.29, 1.82) is 0 Å². The van der Waals surface area contributed by atoms with Crippen molar-refractivity contribution in [3.8, 4) is 0 Å². The number of aliphatic hydroxyl groups is 1. The van der Waals surface area contributed by atoms with E-state index in [0.29, 0.717) is 5.76 Å². The summed E-state index contributed by atoms with van der Waals surface area (Å²) in [6.07, 6.45) is 2.67. The molecule has 0 spiro atoms. The molecule has 0 saturated heterocycles. The number of carbonyl (C=O) groups is 1. The Balaban J connectivity index is 2.02. The minimum absolute atomic E-state index is 0.0246. The van der Waals surface area contributed by atoms with Gasteiger partial charge < -0.3 is 20.6 Å². The van der Waals surface area contributed by atoms with Crippen LogP contribution in [0, 0.1) is 0 Å². The zero-order chi connectivity index (χ0) is 11.6. The summed E-state index contributed by atoms with van der Waals surface area (Å²) in [7, 11) is 0. The van der Waals surface area contributed by atoms with Crippen LogP contribution in [0.25, 0.3) is 0 Å². The van der Waals surface area contributed by atoms with Gasteiger partial charge in [0.2, 0.25) is 0 Å². The minimum atomic E-state index is -0.438. The Bertz CT molecular complexity index is 377. The summed E-state index contributed by atoms with van der Waals surface area (Å²) < 4.78 is 5.23. The molecule has 1 aromatic rings. The van der Waals surface area contributed by atoms with Gasteiger partial charge in [0.15, 0.2) is 5.76 Å². The van der Waals surface area contributed by atoms with Gasteiger partial charge in [0, 0.05) is 0 Å². The first kappa shape index (κ1) is 11.2. The number of hydrogen-bond donors (Lipinski definition) is 3. The summed E-state index contributed by atoms with van der Waals surface area (Å²) in [4.78, 5) is 11.8. The monoisotopic (exact) mass is 224 g/mol. The summed E-state index contributed by atoms with van der Waals surface area (Å²) in [5.74, 6) is 0.547. The van der Waals surface area contributed by atoms with Crippen molar-refractivity contribution in [2.75, 3.05) is 6.61 Å². The molecule has 1 saturated carbocycles. The summed E-state index contributed by atoms with van der Waals surface area (Å²) in [6, 6.07) is 3.28. The molecule has 5 heteroatoms. The fraction of sp³-hybridized carbons (Fsp3) is 0.545. The number of rotatable bonds is 4. The SMILES string of the molecule is NCc1ccc(C(=O)NC2(CO)CCC2)o1. The molecule has 88 valence electrons. The first-order valence-corrected chi connectivity index (χ1v) is 5.41. The highest BCUT2D eigenvalue weighted by Gasteiger charge is 2.38. The van der Waals surface area contributed by atoms with Crippen LogP contribution in [0.4, 0.5) is 0 Å². The molecule has 1 fully saturated rings. The minimum Gasteiger partial charge on any atom is -0.455 e. The third kappa shape index (κ3) is 1.96. The van der Waals surface area contributed by atoms with Gasteiger partial charge >= 0.3 is 0 Å². The van der Waals surface area contributed by atoms with Crippen LogP contribution in [0.15, 0.2) is 16.5 Å². The van der Waals surface area contributed by atoms with E-state index in [2.05, 4.69) is 5.32 Å². The fourth-order valence-electron chi connectivity index (χ4n) is 1.84. The molecule has 0 aliphatic heterocycles. The standard InChI is InChI=1S/C11H16N2O3/c12-6-8-2-3-9(16-8)10(15)13-11(7-14)4-1-5-11/h2-3,14H,1,4-7,12H2,(H,13,15). The van der Waals surface area contributed by atoms with Gasteiger partial charge in [-0.3, -0.25) is 4.79 Å². The van der Waals surface area contributed by atoms with Crippen LogP contribution < -0.4 is 11.1 Å². The summed E-state index contributed by atoms with van der Waals surface area (Å²) in [5.41, 5.74) is 4.95. The number of nitrogens with one attached hydrogen (secondary N) is 1.